The third kappa shape index (κ3) is 22.9. The molecule has 3 aliphatic rings. The molecule has 484 valence electrons. The van der Waals surface area contributed by atoms with Crippen LogP contribution in [0.1, 0.15) is 176 Å². The van der Waals surface area contributed by atoms with Gasteiger partial charge in [0.2, 0.25) is 5.91 Å². The van der Waals surface area contributed by atoms with Crippen LogP contribution < -0.4 is 10.1 Å². The van der Waals surface area contributed by atoms with Crippen molar-refractivity contribution in [2.75, 3.05) is 52.4 Å². The Morgan fingerprint density at radius 2 is 0.862 bits per heavy atom. The van der Waals surface area contributed by atoms with Gasteiger partial charge in [-0.1, -0.05) is 12.1 Å². The normalized spacial score (nSPS) is 19.2. The SMILES string of the molecule is CC(C)(C)OC(=O)[C@@H](Cc1cccc(OCCNC(=O)C(Cc2cc(C[C@H](C(=O)OC(C)(C)C)[C@H]3CCN(C(=O)OC(C)(C)C)C3)cs2)c2cc(C[C@H](C(=O)OC(C)(C)C)[C@H]3CCN(C(=O)OC(C)(C)C)C3)cs2)c1)[C@H]1CCN(C(=O)OC(C)(C)C)C1. The molecule has 1 aromatic carbocycles. The highest BCUT2D eigenvalue weighted by atomic mass is 32.1. The predicted octanol–water partition coefficient (Wildman–Crippen LogP) is 12.6. The van der Waals surface area contributed by atoms with Crippen molar-refractivity contribution in [2.24, 2.45) is 35.5 Å². The highest BCUT2D eigenvalue weighted by Crippen LogP contribution is 2.38. The molecule has 4 amide bonds. The van der Waals surface area contributed by atoms with Crippen molar-refractivity contribution in [3.63, 3.8) is 0 Å². The van der Waals surface area contributed by atoms with Crippen molar-refractivity contribution in [2.45, 2.75) is 209 Å². The summed E-state index contributed by atoms with van der Waals surface area (Å²) >= 11 is 2.96. The fraction of sp³-hybridized carbons (Fsp3) is 0.687. The number of carbonyl (C=O) groups is 7. The Hall–Kier alpha value is -5.89. The Morgan fingerprint density at radius 1 is 0.483 bits per heavy atom. The van der Waals surface area contributed by atoms with Crippen LogP contribution in [0.5, 0.6) is 5.75 Å². The molecule has 3 aromatic rings. The number of hydrogen-bond acceptors (Lipinski definition) is 16. The first-order chi connectivity index (χ1) is 40.2. The van der Waals surface area contributed by atoms with Crippen LogP contribution in [-0.4, -0.2) is 143 Å². The quantitative estimate of drug-likeness (QED) is 0.0635. The number of thiophene rings is 2. The van der Waals surface area contributed by atoms with E-state index in [0.29, 0.717) is 90.0 Å². The first kappa shape index (κ1) is 70.2. The fourth-order valence-electron chi connectivity index (χ4n) is 11.1. The van der Waals surface area contributed by atoms with Crippen LogP contribution >= 0.6 is 22.7 Å². The van der Waals surface area contributed by atoms with E-state index in [1.807, 2.05) is 166 Å². The highest BCUT2D eigenvalue weighted by Gasteiger charge is 2.43. The van der Waals surface area contributed by atoms with Gasteiger partial charge in [-0.2, -0.15) is 0 Å². The monoisotopic (exact) mass is 1250 g/mol. The van der Waals surface area contributed by atoms with Gasteiger partial charge < -0.3 is 53.2 Å². The van der Waals surface area contributed by atoms with E-state index in [9.17, 15) is 33.6 Å². The van der Waals surface area contributed by atoms with Crippen molar-refractivity contribution in [1.29, 1.82) is 0 Å². The molecule has 1 N–H and O–H groups in total. The van der Waals surface area contributed by atoms with E-state index < -0.39 is 75.6 Å². The van der Waals surface area contributed by atoms with Gasteiger partial charge in [0, 0.05) is 49.0 Å². The summed E-state index contributed by atoms with van der Waals surface area (Å²) in [5, 5.41) is 7.17. The third-order valence-electron chi connectivity index (χ3n) is 14.8. The average Bonchev–Trinajstić information content (AvgIpc) is 2.26. The summed E-state index contributed by atoms with van der Waals surface area (Å²) in [7, 11) is 0. The molecule has 2 aromatic heterocycles. The summed E-state index contributed by atoms with van der Waals surface area (Å²) in [6.45, 7) is 35.8. The summed E-state index contributed by atoms with van der Waals surface area (Å²) < 4.78 is 41.3. The number of ether oxygens (including phenoxy) is 7. The van der Waals surface area contributed by atoms with Gasteiger partial charge in [0.25, 0.3) is 0 Å². The van der Waals surface area contributed by atoms with Crippen LogP contribution in [0.4, 0.5) is 14.4 Å². The van der Waals surface area contributed by atoms with Crippen molar-refractivity contribution >= 4 is 64.8 Å². The zero-order chi connectivity index (χ0) is 64.6. The first-order valence-corrected chi connectivity index (χ1v) is 32.7. The highest BCUT2D eigenvalue weighted by molar-refractivity contribution is 7.10. The van der Waals surface area contributed by atoms with Gasteiger partial charge in [-0.15, -0.1) is 22.7 Å². The van der Waals surface area contributed by atoms with Gasteiger partial charge >= 0.3 is 36.2 Å². The number of rotatable bonds is 20. The summed E-state index contributed by atoms with van der Waals surface area (Å²) in [5.74, 6) is -3.47. The molecule has 3 fully saturated rings. The van der Waals surface area contributed by atoms with Gasteiger partial charge in [0.15, 0.2) is 0 Å². The van der Waals surface area contributed by atoms with Gasteiger partial charge in [-0.3, -0.25) is 19.2 Å². The van der Waals surface area contributed by atoms with E-state index in [2.05, 4.69) is 11.4 Å². The molecule has 6 rings (SSSR count). The van der Waals surface area contributed by atoms with Crippen LogP contribution in [0.2, 0.25) is 0 Å². The molecule has 20 heteroatoms. The number of hydrogen-bond donors (Lipinski definition) is 1. The summed E-state index contributed by atoms with van der Waals surface area (Å²) in [5.41, 5.74) is -1.52. The predicted molar refractivity (Wildman–Crippen MR) is 337 cm³/mol. The number of carbonyl (C=O) groups excluding carboxylic acids is 7. The first-order valence-electron chi connectivity index (χ1n) is 30.9. The number of nitrogens with zero attached hydrogens (tertiary/aromatic N) is 3. The van der Waals surface area contributed by atoms with E-state index >= 15 is 0 Å². The lowest BCUT2D eigenvalue weighted by atomic mass is 9.86. The number of esters is 3. The summed E-state index contributed by atoms with van der Waals surface area (Å²) in [6, 6.07) is 11.6. The molecule has 0 aliphatic carbocycles. The standard InChI is InChI=1S/C67H100N4O14S2/c1-62(2,3)80-56(73)50(45-22-26-69(37-45)59(76)83-65(10,11)12)32-42-20-19-21-48(30-42)79-29-25-68-55(72)53(54-35-44(41-87-54)34-52(58(75)82-64(7,8)9)47-24-28-71(39-47)61(78)85-67(16,17)18)36-49-31-43(40-86-49)33-51(57(74)81-63(4,5)6)46-23-27-70(38-46)60(77)84-66(13,14)15/h19-21,30-31,35,40-41,45-47,50-53H,22-29,32-34,36-39H2,1-18H3,(H,68,72)/t45-,46-,47-,50-,51-,52-,53?/m0/s1. The van der Waals surface area contributed by atoms with Crippen LogP contribution in [0.25, 0.3) is 0 Å². The van der Waals surface area contributed by atoms with Gasteiger partial charge in [-0.05, 0) is 239 Å². The molecule has 7 atom stereocenters. The van der Waals surface area contributed by atoms with Gasteiger partial charge in [0.1, 0.15) is 46.0 Å². The summed E-state index contributed by atoms with van der Waals surface area (Å²) in [4.78, 5) is 103. The zero-order valence-corrected chi connectivity index (χ0v) is 56.8. The lowest BCUT2D eigenvalue weighted by Gasteiger charge is -2.28. The Labute approximate surface area is 525 Å². The maximum atomic E-state index is 14.8. The molecular formula is C67H100N4O14S2. The lowest BCUT2D eigenvalue weighted by Crippen LogP contribution is -2.38. The molecule has 18 nitrogen and oxygen atoms in total. The topological polar surface area (TPSA) is 206 Å². The fourth-order valence-corrected chi connectivity index (χ4v) is 13.1. The smallest absolute Gasteiger partial charge is 0.410 e. The lowest BCUT2D eigenvalue weighted by molar-refractivity contribution is -0.163. The molecule has 0 spiro atoms. The molecule has 0 radical (unpaired) electrons. The van der Waals surface area contributed by atoms with E-state index in [1.54, 1.807) is 14.7 Å². The van der Waals surface area contributed by atoms with Crippen molar-refractivity contribution in [1.82, 2.24) is 20.0 Å². The molecular weight excluding hydrogens is 1150 g/mol. The molecule has 0 saturated carbocycles. The minimum Gasteiger partial charge on any atom is -0.492 e. The van der Waals surface area contributed by atoms with E-state index in [-0.39, 0.29) is 54.7 Å². The Balaban J connectivity index is 1.21. The number of amides is 4. The molecule has 1 unspecified atom stereocenters. The van der Waals surface area contributed by atoms with E-state index in [4.69, 9.17) is 33.2 Å². The van der Waals surface area contributed by atoms with Crippen LogP contribution in [0, 0.1) is 35.5 Å². The Bertz CT molecular complexity index is 2860. The number of nitrogens with one attached hydrogen (secondary N) is 1. The van der Waals surface area contributed by atoms with Crippen molar-refractivity contribution in [3.8, 4) is 5.75 Å². The maximum Gasteiger partial charge on any atom is 0.410 e. The zero-order valence-electron chi connectivity index (χ0n) is 55.1. The minimum absolute atomic E-state index is 0.140. The van der Waals surface area contributed by atoms with E-state index in [1.165, 1.54) is 22.7 Å². The molecule has 3 aliphatic heterocycles. The largest absolute Gasteiger partial charge is 0.492 e. The average molecular weight is 1250 g/mol. The Morgan fingerprint density at radius 3 is 1.26 bits per heavy atom. The summed E-state index contributed by atoms with van der Waals surface area (Å²) in [6.07, 6.45) is 2.02. The molecule has 0 bridgehead atoms. The van der Waals surface area contributed by atoms with E-state index in [0.717, 1.165) is 26.4 Å². The molecule has 5 heterocycles. The minimum atomic E-state index is -0.743. The molecule has 87 heavy (non-hydrogen) atoms. The van der Waals surface area contributed by atoms with Crippen molar-refractivity contribution < 1.29 is 66.7 Å². The van der Waals surface area contributed by atoms with Gasteiger partial charge in [-0.25, -0.2) is 14.4 Å². The van der Waals surface area contributed by atoms with Crippen LogP contribution in [0.3, 0.4) is 0 Å². The van der Waals surface area contributed by atoms with Gasteiger partial charge in [0.05, 0.1) is 30.2 Å². The van der Waals surface area contributed by atoms with Crippen LogP contribution in [-0.2, 0) is 73.3 Å². The second-order valence-electron chi connectivity index (χ2n) is 29.8. The number of likely N-dealkylation sites (tertiary alicyclic amines) is 3. The molecule has 3 saturated heterocycles. The van der Waals surface area contributed by atoms with Crippen LogP contribution in [0.15, 0.2) is 47.2 Å². The maximum absolute atomic E-state index is 14.8. The Kier molecular flexibility index (Phi) is 23.2. The second kappa shape index (κ2) is 28.7. The van der Waals surface area contributed by atoms with Crippen molar-refractivity contribution in [3.05, 3.63) is 73.6 Å². The number of benzene rings is 1. The third-order valence-corrected chi connectivity index (χ3v) is 17.0. The second-order valence-corrected chi connectivity index (χ2v) is 31.7.